The summed E-state index contributed by atoms with van der Waals surface area (Å²) in [7, 11) is 0. The molecule has 0 atom stereocenters. The van der Waals surface area contributed by atoms with Crippen molar-refractivity contribution in [2.24, 2.45) is 0 Å². The number of alkyl halides is 3. The molecule has 0 saturated carbocycles. The van der Waals surface area contributed by atoms with Gasteiger partial charge in [0.1, 0.15) is 0 Å². The zero-order valence-electron chi connectivity index (χ0n) is 15.4. The SMILES string of the molecule is Cc1ccc(NC(=O)c2ccc(C(=O)Nc3ccccc3C(F)(F)F)cc2)cc1. The number of hydrogen-bond acceptors (Lipinski definition) is 2. The topological polar surface area (TPSA) is 58.2 Å². The summed E-state index contributed by atoms with van der Waals surface area (Å²) < 4.78 is 39.1. The standard InChI is InChI=1S/C22H17F3N2O2/c1-14-6-12-17(13-7-14)26-20(28)15-8-10-16(11-9-15)21(29)27-19-5-3-2-4-18(19)22(23,24)25/h2-13H,1H3,(H,26,28)(H,27,29). The van der Waals surface area contributed by atoms with Crippen LogP contribution in [0.25, 0.3) is 0 Å². The lowest BCUT2D eigenvalue weighted by Crippen LogP contribution is -2.17. The number of rotatable bonds is 4. The third-order valence-electron chi connectivity index (χ3n) is 4.20. The highest BCUT2D eigenvalue weighted by Crippen LogP contribution is 2.34. The van der Waals surface area contributed by atoms with Crippen LogP contribution in [0.3, 0.4) is 0 Å². The van der Waals surface area contributed by atoms with Gasteiger partial charge in [-0.15, -0.1) is 0 Å². The van der Waals surface area contributed by atoms with Gasteiger partial charge in [0.25, 0.3) is 11.8 Å². The van der Waals surface area contributed by atoms with Crippen LogP contribution >= 0.6 is 0 Å². The third kappa shape index (κ3) is 5.01. The molecular formula is C22H17F3N2O2. The van der Waals surface area contributed by atoms with Crippen molar-refractivity contribution in [3.63, 3.8) is 0 Å². The molecule has 2 N–H and O–H groups in total. The predicted octanol–water partition coefficient (Wildman–Crippen LogP) is 5.52. The second kappa shape index (κ2) is 8.18. The molecule has 0 radical (unpaired) electrons. The molecule has 0 heterocycles. The Labute approximate surface area is 165 Å². The maximum Gasteiger partial charge on any atom is 0.418 e. The fourth-order valence-electron chi connectivity index (χ4n) is 2.65. The molecule has 3 aromatic carbocycles. The van der Waals surface area contributed by atoms with Crippen molar-refractivity contribution in [3.05, 3.63) is 95.1 Å². The van der Waals surface area contributed by atoms with Crippen molar-refractivity contribution in [2.45, 2.75) is 13.1 Å². The lowest BCUT2D eigenvalue weighted by molar-refractivity contribution is -0.136. The lowest BCUT2D eigenvalue weighted by atomic mass is 10.1. The number of halogens is 3. The smallest absolute Gasteiger partial charge is 0.322 e. The molecule has 148 valence electrons. The number of anilines is 2. The Morgan fingerprint density at radius 1 is 0.724 bits per heavy atom. The van der Waals surface area contributed by atoms with Crippen LogP contribution in [0.4, 0.5) is 24.5 Å². The molecule has 0 fully saturated rings. The van der Waals surface area contributed by atoms with Crippen LogP contribution in [0.5, 0.6) is 0 Å². The van der Waals surface area contributed by atoms with Crippen LogP contribution in [-0.4, -0.2) is 11.8 Å². The molecule has 3 rings (SSSR count). The first-order valence-electron chi connectivity index (χ1n) is 8.70. The zero-order chi connectivity index (χ0) is 21.0. The van der Waals surface area contributed by atoms with Gasteiger partial charge in [-0.1, -0.05) is 29.8 Å². The number of hydrogen-bond donors (Lipinski definition) is 2. The Hall–Kier alpha value is -3.61. The molecule has 0 spiro atoms. The van der Waals surface area contributed by atoms with Crippen LogP contribution in [0.1, 0.15) is 31.8 Å². The van der Waals surface area contributed by atoms with E-state index in [9.17, 15) is 22.8 Å². The van der Waals surface area contributed by atoms with Gasteiger partial charge in [-0.3, -0.25) is 9.59 Å². The summed E-state index contributed by atoms with van der Waals surface area (Å²) in [4.78, 5) is 24.6. The van der Waals surface area contributed by atoms with Gasteiger partial charge < -0.3 is 10.6 Å². The van der Waals surface area contributed by atoms with Crippen molar-refractivity contribution in [1.82, 2.24) is 0 Å². The third-order valence-corrected chi connectivity index (χ3v) is 4.20. The van der Waals surface area contributed by atoms with Gasteiger partial charge >= 0.3 is 6.18 Å². The first-order valence-corrected chi connectivity index (χ1v) is 8.70. The highest BCUT2D eigenvalue weighted by atomic mass is 19.4. The van der Waals surface area contributed by atoms with E-state index in [1.807, 2.05) is 19.1 Å². The van der Waals surface area contributed by atoms with Crippen molar-refractivity contribution in [3.8, 4) is 0 Å². The zero-order valence-corrected chi connectivity index (χ0v) is 15.4. The van der Waals surface area contributed by atoms with E-state index in [1.54, 1.807) is 12.1 Å². The maximum atomic E-state index is 13.0. The Morgan fingerprint density at radius 3 is 1.79 bits per heavy atom. The average molecular weight is 398 g/mol. The lowest BCUT2D eigenvalue weighted by Gasteiger charge is -2.13. The Kier molecular flexibility index (Phi) is 5.68. The number of amides is 2. The van der Waals surface area contributed by atoms with Crippen molar-refractivity contribution in [2.75, 3.05) is 10.6 Å². The molecule has 2 amide bonds. The molecule has 4 nitrogen and oxygen atoms in total. The first-order chi connectivity index (χ1) is 13.7. The van der Waals surface area contributed by atoms with Gasteiger partial charge in [-0.05, 0) is 55.5 Å². The van der Waals surface area contributed by atoms with Crippen LogP contribution in [-0.2, 0) is 6.18 Å². The van der Waals surface area contributed by atoms with Crippen molar-refractivity contribution >= 4 is 23.2 Å². The summed E-state index contributed by atoms with van der Waals surface area (Å²) in [5, 5.41) is 5.00. The molecule has 0 aliphatic carbocycles. The number of aryl methyl sites for hydroxylation is 1. The summed E-state index contributed by atoms with van der Waals surface area (Å²) in [6, 6.07) is 17.7. The van der Waals surface area contributed by atoms with Gasteiger partial charge in [-0.25, -0.2) is 0 Å². The van der Waals surface area contributed by atoms with E-state index in [0.29, 0.717) is 11.3 Å². The minimum absolute atomic E-state index is 0.133. The molecule has 0 aliphatic rings. The molecule has 0 bridgehead atoms. The minimum Gasteiger partial charge on any atom is -0.322 e. The first kappa shape index (κ1) is 20.1. The molecule has 0 aromatic heterocycles. The Bertz CT molecular complexity index is 1030. The summed E-state index contributed by atoms with van der Waals surface area (Å²) in [5.74, 6) is -1.06. The molecule has 7 heteroatoms. The molecule has 3 aromatic rings. The second-order valence-electron chi connectivity index (χ2n) is 6.39. The maximum absolute atomic E-state index is 13.0. The molecule has 0 saturated heterocycles. The monoisotopic (exact) mass is 398 g/mol. The molecular weight excluding hydrogens is 381 g/mol. The van der Waals surface area contributed by atoms with E-state index in [-0.39, 0.29) is 17.2 Å². The van der Waals surface area contributed by atoms with Crippen molar-refractivity contribution in [1.29, 1.82) is 0 Å². The van der Waals surface area contributed by atoms with Crippen LogP contribution < -0.4 is 10.6 Å². The normalized spacial score (nSPS) is 11.0. The minimum atomic E-state index is -4.58. The average Bonchev–Trinajstić information content (AvgIpc) is 2.69. The summed E-state index contributed by atoms with van der Waals surface area (Å²) >= 11 is 0. The van der Waals surface area contributed by atoms with Crippen molar-refractivity contribution < 1.29 is 22.8 Å². The number of para-hydroxylation sites is 1. The van der Waals surface area contributed by atoms with Gasteiger partial charge in [0, 0.05) is 16.8 Å². The van der Waals surface area contributed by atoms with Gasteiger partial charge in [0.05, 0.1) is 11.3 Å². The fraction of sp³-hybridized carbons (Fsp3) is 0.0909. The fourth-order valence-corrected chi connectivity index (χ4v) is 2.65. The van der Waals surface area contributed by atoms with E-state index in [2.05, 4.69) is 10.6 Å². The van der Waals surface area contributed by atoms with E-state index in [4.69, 9.17) is 0 Å². The summed E-state index contributed by atoms with van der Waals surface area (Å²) in [5.41, 5.74) is 0.886. The van der Waals surface area contributed by atoms with E-state index in [0.717, 1.165) is 11.6 Å². The predicted molar refractivity (Wildman–Crippen MR) is 105 cm³/mol. The number of benzene rings is 3. The highest BCUT2D eigenvalue weighted by Gasteiger charge is 2.33. The molecule has 29 heavy (non-hydrogen) atoms. The Balaban J connectivity index is 1.71. The summed E-state index contributed by atoms with van der Waals surface area (Å²) in [6.45, 7) is 1.93. The van der Waals surface area contributed by atoms with E-state index < -0.39 is 17.6 Å². The van der Waals surface area contributed by atoms with Gasteiger partial charge in [0.2, 0.25) is 0 Å². The van der Waals surface area contributed by atoms with Crippen LogP contribution in [0, 0.1) is 6.92 Å². The van der Waals surface area contributed by atoms with Gasteiger partial charge in [0.15, 0.2) is 0 Å². The molecule has 0 aliphatic heterocycles. The van der Waals surface area contributed by atoms with E-state index >= 15 is 0 Å². The van der Waals surface area contributed by atoms with Crippen LogP contribution in [0.15, 0.2) is 72.8 Å². The molecule has 0 unspecified atom stereocenters. The van der Waals surface area contributed by atoms with E-state index in [1.165, 1.54) is 42.5 Å². The highest BCUT2D eigenvalue weighted by molar-refractivity contribution is 6.07. The largest absolute Gasteiger partial charge is 0.418 e. The second-order valence-corrected chi connectivity index (χ2v) is 6.39. The number of carbonyl (C=O) groups excluding carboxylic acids is 2. The summed E-state index contributed by atoms with van der Waals surface area (Å²) in [6.07, 6.45) is -4.58. The number of nitrogens with one attached hydrogen (secondary N) is 2. The Morgan fingerprint density at radius 2 is 1.24 bits per heavy atom. The number of carbonyl (C=O) groups is 2. The quantitative estimate of drug-likeness (QED) is 0.608. The van der Waals surface area contributed by atoms with Crippen LogP contribution in [0.2, 0.25) is 0 Å². The van der Waals surface area contributed by atoms with Gasteiger partial charge in [-0.2, -0.15) is 13.2 Å².